The van der Waals surface area contributed by atoms with E-state index in [0.29, 0.717) is 12.1 Å². The zero-order chi connectivity index (χ0) is 11.4. The molecule has 0 bridgehead atoms. The molecule has 1 aromatic heterocycles. The van der Waals surface area contributed by atoms with Crippen LogP contribution in [0.5, 0.6) is 0 Å². The summed E-state index contributed by atoms with van der Waals surface area (Å²) >= 11 is 3.35. The average Bonchev–Trinajstić information content (AvgIpc) is 2.59. The fourth-order valence-electron chi connectivity index (χ4n) is 1.38. The Kier molecular flexibility index (Phi) is 4.32. The van der Waals surface area contributed by atoms with E-state index in [2.05, 4.69) is 21.0 Å². The van der Waals surface area contributed by atoms with Gasteiger partial charge >= 0.3 is 0 Å². The van der Waals surface area contributed by atoms with Crippen LogP contribution in [0.4, 0.5) is 0 Å². The molecule has 0 atom stereocenters. The van der Waals surface area contributed by atoms with Crippen molar-refractivity contribution < 1.29 is 4.79 Å². The highest BCUT2D eigenvalue weighted by Crippen LogP contribution is 2.07. The Bertz CT molecular complexity index is 335. The van der Waals surface area contributed by atoms with Gasteiger partial charge in [-0.25, -0.2) is 0 Å². The predicted octanol–water partition coefficient (Wildman–Crippen LogP) is 1.67. The van der Waals surface area contributed by atoms with Crippen molar-refractivity contribution in [2.45, 2.75) is 19.9 Å². The van der Waals surface area contributed by atoms with Crippen LogP contribution < -0.4 is 0 Å². The monoisotopic (exact) mass is 273 g/mol. The zero-order valence-corrected chi connectivity index (χ0v) is 10.9. The van der Waals surface area contributed by atoms with Gasteiger partial charge in [0.1, 0.15) is 0 Å². The Labute approximate surface area is 98.4 Å². The highest BCUT2D eigenvalue weighted by Gasteiger charge is 2.18. The third kappa shape index (κ3) is 3.06. The first-order chi connectivity index (χ1) is 7.06. The van der Waals surface area contributed by atoms with E-state index < -0.39 is 0 Å². The van der Waals surface area contributed by atoms with Crippen LogP contribution in [-0.2, 0) is 7.05 Å². The van der Waals surface area contributed by atoms with Gasteiger partial charge in [0, 0.05) is 31.2 Å². The molecule has 0 aliphatic carbocycles. The molecule has 1 amide bonds. The zero-order valence-electron chi connectivity index (χ0n) is 9.27. The number of carbonyl (C=O) groups excluding carboxylic acids is 1. The van der Waals surface area contributed by atoms with Crippen LogP contribution in [0, 0.1) is 0 Å². The number of aromatic nitrogens is 2. The molecule has 5 heteroatoms. The molecule has 4 nitrogen and oxygen atoms in total. The number of halogens is 1. The second-order valence-electron chi connectivity index (χ2n) is 3.68. The van der Waals surface area contributed by atoms with Crippen molar-refractivity contribution >= 4 is 21.8 Å². The van der Waals surface area contributed by atoms with E-state index in [1.54, 1.807) is 24.1 Å². The van der Waals surface area contributed by atoms with E-state index in [-0.39, 0.29) is 11.9 Å². The topological polar surface area (TPSA) is 38.1 Å². The van der Waals surface area contributed by atoms with Crippen LogP contribution in [0.1, 0.15) is 24.2 Å². The Balaban J connectivity index is 2.80. The number of hydrogen-bond donors (Lipinski definition) is 0. The fourth-order valence-corrected chi connectivity index (χ4v) is 1.76. The number of amides is 1. The summed E-state index contributed by atoms with van der Waals surface area (Å²) in [6.45, 7) is 4.74. The second-order valence-corrected chi connectivity index (χ2v) is 4.48. The number of nitrogens with zero attached hydrogens (tertiary/aromatic N) is 3. The van der Waals surface area contributed by atoms with Crippen molar-refractivity contribution in [1.82, 2.24) is 14.7 Å². The Morgan fingerprint density at radius 1 is 1.67 bits per heavy atom. The molecule has 0 unspecified atom stereocenters. The lowest BCUT2D eigenvalue weighted by atomic mass is 10.2. The molecule has 0 fully saturated rings. The molecule has 15 heavy (non-hydrogen) atoms. The number of hydrogen-bond acceptors (Lipinski definition) is 2. The molecule has 0 aliphatic rings. The van der Waals surface area contributed by atoms with Crippen molar-refractivity contribution in [3.8, 4) is 0 Å². The van der Waals surface area contributed by atoms with E-state index in [1.165, 1.54) is 0 Å². The molecule has 0 N–H and O–H groups in total. The van der Waals surface area contributed by atoms with Gasteiger partial charge in [0.2, 0.25) is 0 Å². The Morgan fingerprint density at radius 2 is 2.33 bits per heavy atom. The first-order valence-corrected chi connectivity index (χ1v) is 6.04. The van der Waals surface area contributed by atoms with Gasteiger partial charge in [-0.3, -0.25) is 9.48 Å². The first kappa shape index (κ1) is 12.2. The smallest absolute Gasteiger partial charge is 0.257 e. The molecule has 0 spiro atoms. The summed E-state index contributed by atoms with van der Waals surface area (Å²) < 4.78 is 1.64. The second kappa shape index (κ2) is 5.30. The van der Waals surface area contributed by atoms with E-state index in [0.717, 1.165) is 5.33 Å². The summed E-state index contributed by atoms with van der Waals surface area (Å²) in [5.74, 6) is 0.0394. The third-order valence-electron chi connectivity index (χ3n) is 2.16. The lowest BCUT2D eigenvalue weighted by Crippen LogP contribution is -2.38. The van der Waals surface area contributed by atoms with Crippen molar-refractivity contribution in [3.63, 3.8) is 0 Å². The predicted molar refractivity (Wildman–Crippen MR) is 63.2 cm³/mol. The van der Waals surface area contributed by atoms with Crippen LogP contribution in [0.2, 0.25) is 0 Å². The minimum Gasteiger partial charge on any atom is -0.335 e. The van der Waals surface area contributed by atoms with Gasteiger partial charge in [0.25, 0.3) is 5.91 Å². The van der Waals surface area contributed by atoms with Crippen LogP contribution >= 0.6 is 15.9 Å². The summed E-state index contributed by atoms with van der Waals surface area (Å²) in [5.41, 5.74) is 0.646. The average molecular weight is 274 g/mol. The van der Waals surface area contributed by atoms with E-state index in [1.807, 2.05) is 18.7 Å². The van der Waals surface area contributed by atoms with E-state index in [9.17, 15) is 4.79 Å². The molecule has 1 aromatic rings. The van der Waals surface area contributed by atoms with E-state index in [4.69, 9.17) is 0 Å². The van der Waals surface area contributed by atoms with Gasteiger partial charge in [0.15, 0.2) is 0 Å². The van der Waals surface area contributed by atoms with Gasteiger partial charge in [-0.05, 0) is 13.8 Å². The summed E-state index contributed by atoms with van der Waals surface area (Å²) in [6.07, 6.45) is 3.35. The normalized spacial score (nSPS) is 10.7. The summed E-state index contributed by atoms with van der Waals surface area (Å²) in [5, 5.41) is 4.79. The third-order valence-corrected chi connectivity index (χ3v) is 2.52. The minimum absolute atomic E-state index is 0.0394. The summed E-state index contributed by atoms with van der Waals surface area (Å²) in [6, 6.07) is 0.204. The maximum absolute atomic E-state index is 12.0. The molecule has 0 radical (unpaired) electrons. The van der Waals surface area contributed by atoms with Crippen LogP contribution in [0.3, 0.4) is 0 Å². The van der Waals surface area contributed by atoms with Crippen LogP contribution in [0.15, 0.2) is 12.4 Å². The Morgan fingerprint density at radius 3 is 2.73 bits per heavy atom. The van der Waals surface area contributed by atoms with Gasteiger partial charge in [-0.2, -0.15) is 5.10 Å². The SMILES string of the molecule is CC(C)N(CCBr)C(=O)c1cnn(C)c1. The molecule has 0 saturated carbocycles. The van der Waals surface area contributed by atoms with Crippen molar-refractivity contribution in [2.75, 3.05) is 11.9 Å². The van der Waals surface area contributed by atoms with Gasteiger partial charge < -0.3 is 4.90 Å². The van der Waals surface area contributed by atoms with Crippen molar-refractivity contribution in [3.05, 3.63) is 18.0 Å². The van der Waals surface area contributed by atoms with Crippen molar-refractivity contribution in [2.24, 2.45) is 7.05 Å². The number of alkyl halides is 1. The molecule has 0 saturated heterocycles. The van der Waals surface area contributed by atoms with Crippen LogP contribution in [-0.4, -0.2) is 38.5 Å². The highest BCUT2D eigenvalue weighted by molar-refractivity contribution is 9.09. The van der Waals surface area contributed by atoms with Crippen molar-refractivity contribution in [1.29, 1.82) is 0 Å². The molecule has 1 heterocycles. The quantitative estimate of drug-likeness (QED) is 0.783. The molecule has 0 aliphatic heterocycles. The standard InChI is InChI=1S/C10H16BrN3O/c1-8(2)14(5-4-11)10(15)9-6-12-13(3)7-9/h6-8H,4-5H2,1-3H3. The van der Waals surface area contributed by atoms with Gasteiger partial charge in [-0.15, -0.1) is 0 Å². The summed E-state index contributed by atoms with van der Waals surface area (Å²) in [4.78, 5) is 13.9. The van der Waals surface area contributed by atoms with E-state index >= 15 is 0 Å². The lowest BCUT2D eigenvalue weighted by Gasteiger charge is -2.25. The van der Waals surface area contributed by atoms with Gasteiger partial charge in [-0.1, -0.05) is 15.9 Å². The largest absolute Gasteiger partial charge is 0.335 e. The van der Waals surface area contributed by atoms with Crippen LogP contribution in [0.25, 0.3) is 0 Å². The minimum atomic E-state index is 0.0394. The van der Waals surface area contributed by atoms with Gasteiger partial charge in [0.05, 0.1) is 11.8 Å². The molecular weight excluding hydrogens is 258 g/mol. The Hall–Kier alpha value is -0.840. The number of rotatable bonds is 4. The maximum atomic E-state index is 12.0. The molecule has 84 valence electrons. The first-order valence-electron chi connectivity index (χ1n) is 4.92. The number of aryl methyl sites for hydroxylation is 1. The molecule has 0 aromatic carbocycles. The number of carbonyl (C=O) groups is 1. The maximum Gasteiger partial charge on any atom is 0.257 e. The molecule has 1 rings (SSSR count). The highest BCUT2D eigenvalue weighted by atomic mass is 79.9. The fraction of sp³-hybridized carbons (Fsp3) is 0.600. The summed E-state index contributed by atoms with van der Waals surface area (Å²) in [7, 11) is 1.81. The lowest BCUT2D eigenvalue weighted by molar-refractivity contribution is 0.0719. The molecular formula is C10H16BrN3O.